The van der Waals surface area contributed by atoms with Crippen LogP contribution in [0, 0.1) is 18.1 Å². The second-order valence-corrected chi connectivity index (χ2v) is 29.6. The zero-order valence-electron chi connectivity index (χ0n) is 39.4. The molecule has 12 aromatic rings. The topological polar surface area (TPSA) is 43.9 Å². The van der Waals surface area contributed by atoms with Crippen molar-refractivity contribution in [3.8, 4) is 50.6 Å². The third kappa shape index (κ3) is 8.76. The molecule has 0 spiro atoms. The number of hydrogen-bond donors (Lipinski definition) is 0. The predicted molar refractivity (Wildman–Crippen MR) is 289 cm³/mol. The van der Waals surface area contributed by atoms with Gasteiger partial charge in [-0.3, -0.25) is 4.98 Å². The van der Waals surface area contributed by atoms with E-state index in [2.05, 4.69) is 212 Å². The molecule has 0 saturated carbocycles. The number of fused-ring (bicyclic) bond motifs is 9. The molecule has 6 heteroatoms. The molecule has 0 N–H and O–H groups in total. The zero-order chi connectivity index (χ0) is 46.4. The minimum absolute atomic E-state index is 0. The molecule has 0 saturated heterocycles. The number of imidazole rings is 1. The van der Waals surface area contributed by atoms with Crippen molar-refractivity contribution in [3.05, 3.63) is 218 Å². The summed E-state index contributed by atoms with van der Waals surface area (Å²) >= 11 is -1.86. The van der Waals surface area contributed by atoms with Crippen molar-refractivity contribution < 1.29 is 24.5 Å². The number of nitrogens with zero attached hydrogens (tertiary/aromatic N) is 3. The van der Waals surface area contributed by atoms with Crippen LogP contribution < -0.4 is 4.40 Å². The Kier molecular flexibility index (Phi) is 12.8. The Morgan fingerprint density at radius 2 is 1.22 bits per heavy atom. The van der Waals surface area contributed by atoms with E-state index in [1.54, 1.807) is 4.40 Å². The Morgan fingerprint density at radius 3 is 1.91 bits per heavy atom. The summed E-state index contributed by atoms with van der Waals surface area (Å²) in [6.45, 7) is 4.57. The van der Waals surface area contributed by atoms with Gasteiger partial charge in [0.15, 0.2) is 0 Å². The third-order valence-electron chi connectivity index (χ3n) is 12.9. The maximum Gasteiger partial charge on any atom is 0.120 e. The number of para-hydroxylation sites is 1. The van der Waals surface area contributed by atoms with Crippen molar-refractivity contribution in [2.24, 2.45) is 5.92 Å². The van der Waals surface area contributed by atoms with Gasteiger partial charge in [0.05, 0.1) is 22.4 Å². The van der Waals surface area contributed by atoms with Gasteiger partial charge in [0.2, 0.25) is 0 Å². The normalized spacial score (nSPS) is 11.6. The van der Waals surface area contributed by atoms with Crippen LogP contribution in [0.1, 0.15) is 19.4 Å². The van der Waals surface area contributed by atoms with Gasteiger partial charge in [-0.25, -0.2) is 0 Å². The monoisotopic (exact) mass is 1130 g/mol. The first kappa shape index (κ1) is 45.9. The Labute approximate surface area is 420 Å². The van der Waals surface area contributed by atoms with Crippen LogP contribution in [0.2, 0.25) is 17.3 Å². The summed E-state index contributed by atoms with van der Waals surface area (Å²) in [5.41, 5.74) is 13.7. The molecule has 0 aliphatic heterocycles. The molecule has 4 nitrogen and oxygen atoms in total. The van der Waals surface area contributed by atoms with Crippen molar-refractivity contribution in [2.75, 3.05) is 0 Å². The van der Waals surface area contributed by atoms with E-state index in [-0.39, 0.29) is 20.1 Å². The van der Waals surface area contributed by atoms with Crippen LogP contribution >= 0.6 is 0 Å². The zero-order valence-corrected chi connectivity index (χ0v) is 43.9. The minimum atomic E-state index is -1.86. The molecule has 3 aromatic heterocycles. The predicted octanol–water partition coefficient (Wildman–Crippen LogP) is 16.3. The molecule has 9 aromatic carbocycles. The van der Waals surface area contributed by atoms with Crippen molar-refractivity contribution in [2.45, 2.75) is 37.5 Å². The smallest absolute Gasteiger partial charge is 0.120 e. The van der Waals surface area contributed by atoms with Gasteiger partial charge in [0, 0.05) is 47.5 Å². The average Bonchev–Trinajstić information content (AvgIpc) is 3.97. The summed E-state index contributed by atoms with van der Waals surface area (Å²) in [4.78, 5) is 10.3. The number of aromatic nitrogens is 3. The summed E-state index contributed by atoms with van der Waals surface area (Å²) in [6.07, 6.45) is 3.27. The Bertz CT molecular complexity index is 3780. The fraction of sp³-hybridized carbons (Fsp3) is 0.111. The molecule has 0 amide bonds. The molecule has 0 aliphatic rings. The van der Waals surface area contributed by atoms with Crippen LogP contribution in [-0.4, -0.2) is 27.8 Å². The van der Waals surface area contributed by atoms with Crippen molar-refractivity contribution in [3.63, 3.8) is 0 Å². The van der Waals surface area contributed by atoms with Crippen LogP contribution in [0.5, 0.6) is 0 Å². The van der Waals surface area contributed by atoms with Crippen molar-refractivity contribution in [1.82, 2.24) is 14.5 Å². The molecule has 339 valence electrons. The van der Waals surface area contributed by atoms with Crippen molar-refractivity contribution >= 4 is 72.2 Å². The van der Waals surface area contributed by atoms with Gasteiger partial charge < -0.3 is 8.98 Å². The molecule has 3 heterocycles. The standard InChI is InChI=1S/C45H27N2O.C18H24GeN.Ir/c1-3-14-29(15-4-1)31-26-27-32(30-16-5-2-6-17-30)40(28-31)47-43-37-22-10-8-19-34(37)33-18-7-9-21-36(33)42(43)46-45(47)39-24-13-23-38-35-20-11-12-25-41(35)48-44(38)39;1-14(2)11-16-12-18(15-9-7-6-8-10-15)20-13-17(16)19(3,4)5;/h1-23,25-28H;6-9,12-14H,11H2,1-5H3;/q2*-1;. The molecule has 0 fully saturated rings. The van der Waals surface area contributed by atoms with Gasteiger partial charge in [0.1, 0.15) is 5.58 Å². The van der Waals surface area contributed by atoms with Gasteiger partial charge in [0.25, 0.3) is 0 Å². The van der Waals surface area contributed by atoms with Crippen molar-refractivity contribution in [1.29, 1.82) is 0 Å². The molecular weight excluding hydrogens is 1080 g/mol. The van der Waals surface area contributed by atoms with Crippen LogP contribution in [0.3, 0.4) is 0 Å². The molecule has 69 heavy (non-hydrogen) atoms. The van der Waals surface area contributed by atoms with E-state index in [0.717, 1.165) is 101 Å². The van der Waals surface area contributed by atoms with Crippen LogP contribution in [0.15, 0.2) is 205 Å². The molecule has 0 atom stereocenters. The molecule has 12 rings (SSSR count). The maximum absolute atomic E-state index is 6.62. The number of hydrogen-bond acceptors (Lipinski definition) is 3. The second-order valence-electron chi connectivity index (χ2n) is 19.1. The number of benzene rings is 9. The molecule has 0 unspecified atom stereocenters. The van der Waals surface area contributed by atoms with E-state index in [9.17, 15) is 0 Å². The Morgan fingerprint density at radius 1 is 0.580 bits per heavy atom. The van der Waals surface area contributed by atoms with Gasteiger partial charge in [-0.2, -0.15) is 0 Å². The first-order valence-corrected chi connectivity index (χ1v) is 30.9. The van der Waals surface area contributed by atoms with Crippen LogP contribution in [-0.2, 0) is 26.5 Å². The number of rotatable bonds is 8. The second kappa shape index (κ2) is 19.2. The van der Waals surface area contributed by atoms with Gasteiger partial charge in [-0.1, -0.05) is 150 Å². The van der Waals surface area contributed by atoms with E-state index in [4.69, 9.17) is 14.4 Å². The fourth-order valence-electron chi connectivity index (χ4n) is 9.83. The summed E-state index contributed by atoms with van der Waals surface area (Å²) in [6, 6.07) is 74.8. The van der Waals surface area contributed by atoms with Gasteiger partial charge in [-0.15, -0.1) is 18.2 Å². The van der Waals surface area contributed by atoms with Crippen LogP contribution in [0.25, 0.3) is 105 Å². The van der Waals surface area contributed by atoms with Gasteiger partial charge in [-0.05, 0) is 39.6 Å². The fourth-order valence-corrected chi connectivity index (χ4v) is 13.2. The summed E-state index contributed by atoms with van der Waals surface area (Å²) in [5.74, 6) is 8.78. The van der Waals surface area contributed by atoms with Crippen LogP contribution in [0.4, 0.5) is 0 Å². The Hall–Kier alpha value is -6.89. The maximum atomic E-state index is 6.62. The van der Waals surface area contributed by atoms with Gasteiger partial charge >= 0.3 is 126 Å². The SMILES string of the molecule is CC(C)Cc1cc(-c2[c-]cccc2)nc[c]1[Ge]([CH3])([CH3])[CH3].[Ir].[c-]1ccc2c(oc3ccccc32)c1-c1nc2c3ccccc3c3ccccc3c2n1-c1cc(-c2ccccc2)ccc1-c1ccccc1. The Balaban J connectivity index is 0.000000223. The van der Waals surface area contributed by atoms with E-state index >= 15 is 0 Å². The number of pyridine rings is 1. The minimum Gasteiger partial charge on any atom is -0.501 e. The first-order valence-electron chi connectivity index (χ1n) is 23.6. The molecular formula is C63H51GeIrN3O-2. The molecule has 0 aliphatic carbocycles. The average molecular weight is 1130 g/mol. The molecule has 0 bridgehead atoms. The number of furan rings is 1. The third-order valence-corrected chi connectivity index (χ3v) is 17.3. The van der Waals surface area contributed by atoms with E-state index < -0.39 is 13.3 Å². The van der Waals surface area contributed by atoms with E-state index in [1.165, 1.54) is 16.3 Å². The van der Waals surface area contributed by atoms with E-state index in [0.29, 0.717) is 5.92 Å². The first-order chi connectivity index (χ1) is 33.2. The summed E-state index contributed by atoms with van der Waals surface area (Å²) in [7, 11) is 0. The summed E-state index contributed by atoms with van der Waals surface area (Å²) in [5, 5.41) is 6.77. The summed E-state index contributed by atoms with van der Waals surface area (Å²) < 4.78 is 10.5. The largest absolute Gasteiger partial charge is 0.501 e. The molecule has 1 radical (unpaired) electrons. The van der Waals surface area contributed by atoms with E-state index in [1.807, 2.05) is 36.4 Å². The quantitative estimate of drug-likeness (QED) is 0.0865.